The van der Waals surface area contributed by atoms with E-state index >= 15 is 0 Å². The summed E-state index contributed by atoms with van der Waals surface area (Å²) in [6, 6.07) is 11.9. The molecule has 2 aromatic carbocycles. The predicted octanol–water partition coefficient (Wildman–Crippen LogP) is 4.68. The van der Waals surface area contributed by atoms with Gasteiger partial charge in [-0.3, -0.25) is 14.6 Å². The Labute approximate surface area is 193 Å². The average Bonchev–Trinajstić information content (AvgIpc) is 3.22. The maximum Gasteiger partial charge on any atom is 0.260 e. The number of aryl methyl sites for hydroxylation is 2. The van der Waals surface area contributed by atoms with E-state index in [2.05, 4.69) is 11.0 Å². The summed E-state index contributed by atoms with van der Waals surface area (Å²) >= 11 is 1.54. The first-order chi connectivity index (χ1) is 15.6. The number of morpholine rings is 1. The summed E-state index contributed by atoms with van der Waals surface area (Å²) in [6.45, 7) is 11.6. The number of para-hydroxylation sites is 1. The van der Waals surface area contributed by atoms with Crippen molar-refractivity contribution in [2.45, 2.75) is 27.2 Å². The van der Waals surface area contributed by atoms with E-state index < -0.39 is 0 Å². The summed E-state index contributed by atoms with van der Waals surface area (Å²) in [6.07, 6.45) is 0.880. The minimum Gasteiger partial charge on any atom is -0.492 e. The average molecular weight is 454 g/mol. The highest BCUT2D eigenvalue weighted by Gasteiger charge is 2.24. The Morgan fingerprint density at radius 2 is 2.03 bits per heavy atom. The van der Waals surface area contributed by atoms with Crippen LogP contribution in [0, 0.1) is 13.8 Å². The Kier molecular flexibility index (Phi) is 7.40. The second-order valence-electron chi connectivity index (χ2n) is 8.12. The van der Waals surface area contributed by atoms with Crippen molar-refractivity contribution in [1.82, 2.24) is 9.88 Å². The number of anilines is 1. The molecule has 170 valence electrons. The number of carbonyl (C=O) groups is 1. The fourth-order valence-electron chi connectivity index (χ4n) is 4.06. The number of hydrogen-bond donors (Lipinski definition) is 0. The minimum atomic E-state index is 0.00138. The molecule has 0 saturated carbocycles. The first kappa shape index (κ1) is 22.7. The molecule has 3 aromatic rings. The SMILES string of the molecule is CCOc1cccc2sc(N(CCCN3CCOCC3)C(=O)c3ccc(C)cc3C)nc12. The Morgan fingerprint density at radius 1 is 1.22 bits per heavy atom. The molecular formula is C25H31N3O3S. The van der Waals surface area contributed by atoms with E-state index in [1.54, 1.807) is 11.3 Å². The van der Waals surface area contributed by atoms with Gasteiger partial charge in [0.1, 0.15) is 11.3 Å². The van der Waals surface area contributed by atoms with Crippen LogP contribution in [0.2, 0.25) is 0 Å². The third kappa shape index (κ3) is 5.11. The Morgan fingerprint density at radius 3 is 2.78 bits per heavy atom. The summed E-state index contributed by atoms with van der Waals surface area (Å²) in [5.74, 6) is 0.765. The molecule has 1 aliphatic heterocycles. The summed E-state index contributed by atoms with van der Waals surface area (Å²) in [7, 11) is 0. The van der Waals surface area contributed by atoms with Crippen LogP contribution in [0.4, 0.5) is 5.13 Å². The lowest BCUT2D eigenvalue weighted by atomic mass is 10.0. The molecule has 1 saturated heterocycles. The van der Waals surface area contributed by atoms with Gasteiger partial charge in [-0.05, 0) is 51.0 Å². The summed E-state index contributed by atoms with van der Waals surface area (Å²) in [5.41, 5.74) is 3.69. The van der Waals surface area contributed by atoms with E-state index in [1.807, 2.05) is 56.0 Å². The molecule has 1 aromatic heterocycles. The van der Waals surface area contributed by atoms with Crippen LogP contribution < -0.4 is 9.64 Å². The van der Waals surface area contributed by atoms with E-state index in [0.717, 1.165) is 77.1 Å². The standard InChI is InChI=1S/C25H31N3O3S/c1-4-31-21-7-5-8-22-23(21)26-25(32-22)28(12-6-11-27-13-15-30-16-14-27)24(29)20-10-9-18(2)17-19(20)3/h5,7-10,17H,4,6,11-16H2,1-3H3. The highest BCUT2D eigenvalue weighted by Crippen LogP contribution is 2.35. The third-order valence-electron chi connectivity index (χ3n) is 5.72. The third-order valence-corrected chi connectivity index (χ3v) is 6.76. The van der Waals surface area contributed by atoms with Crippen LogP contribution in [0.25, 0.3) is 10.2 Å². The van der Waals surface area contributed by atoms with Gasteiger partial charge in [-0.25, -0.2) is 4.98 Å². The van der Waals surface area contributed by atoms with Crippen LogP contribution in [0.1, 0.15) is 34.8 Å². The number of ether oxygens (including phenoxy) is 2. The van der Waals surface area contributed by atoms with Crippen LogP contribution >= 0.6 is 11.3 Å². The highest BCUT2D eigenvalue weighted by molar-refractivity contribution is 7.22. The number of nitrogens with zero attached hydrogens (tertiary/aromatic N) is 3. The van der Waals surface area contributed by atoms with E-state index in [4.69, 9.17) is 14.5 Å². The quantitative estimate of drug-likeness (QED) is 0.496. The second-order valence-corrected chi connectivity index (χ2v) is 9.12. The highest BCUT2D eigenvalue weighted by atomic mass is 32.1. The number of thiazole rings is 1. The van der Waals surface area contributed by atoms with Crippen LogP contribution in [-0.2, 0) is 4.74 Å². The fraction of sp³-hybridized carbons (Fsp3) is 0.440. The molecule has 6 nitrogen and oxygen atoms in total. The van der Waals surface area contributed by atoms with Crippen LogP contribution in [0.15, 0.2) is 36.4 Å². The lowest BCUT2D eigenvalue weighted by molar-refractivity contribution is 0.0376. The van der Waals surface area contributed by atoms with E-state index in [1.165, 1.54) is 0 Å². The summed E-state index contributed by atoms with van der Waals surface area (Å²) < 4.78 is 12.3. The van der Waals surface area contributed by atoms with Gasteiger partial charge in [0, 0.05) is 31.7 Å². The van der Waals surface area contributed by atoms with E-state index in [0.29, 0.717) is 13.2 Å². The Balaban J connectivity index is 1.62. The van der Waals surface area contributed by atoms with Gasteiger partial charge < -0.3 is 9.47 Å². The van der Waals surface area contributed by atoms with Crippen molar-refractivity contribution in [2.75, 3.05) is 50.9 Å². The number of amides is 1. The van der Waals surface area contributed by atoms with Crippen molar-refractivity contribution in [3.05, 3.63) is 53.1 Å². The van der Waals surface area contributed by atoms with Crippen molar-refractivity contribution in [1.29, 1.82) is 0 Å². The molecule has 0 unspecified atom stereocenters. The van der Waals surface area contributed by atoms with Crippen LogP contribution in [0.3, 0.4) is 0 Å². The van der Waals surface area contributed by atoms with Gasteiger partial charge in [-0.1, -0.05) is 35.1 Å². The number of carbonyl (C=O) groups excluding carboxylic acids is 1. The van der Waals surface area contributed by atoms with Gasteiger partial charge in [0.25, 0.3) is 5.91 Å². The monoisotopic (exact) mass is 453 g/mol. The number of hydrogen-bond acceptors (Lipinski definition) is 6. The zero-order valence-corrected chi connectivity index (χ0v) is 19.9. The molecule has 32 heavy (non-hydrogen) atoms. The van der Waals surface area contributed by atoms with Crippen molar-refractivity contribution in [2.24, 2.45) is 0 Å². The smallest absolute Gasteiger partial charge is 0.260 e. The van der Waals surface area contributed by atoms with Gasteiger partial charge in [0.2, 0.25) is 0 Å². The van der Waals surface area contributed by atoms with Gasteiger partial charge in [-0.2, -0.15) is 0 Å². The van der Waals surface area contributed by atoms with Crippen LogP contribution in [-0.4, -0.2) is 61.8 Å². The van der Waals surface area contributed by atoms with Crippen LogP contribution in [0.5, 0.6) is 5.75 Å². The van der Waals surface area contributed by atoms with Crippen molar-refractivity contribution < 1.29 is 14.3 Å². The number of rotatable bonds is 8. The number of fused-ring (bicyclic) bond motifs is 1. The van der Waals surface area contributed by atoms with Gasteiger partial charge in [0.15, 0.2) is 5.13 Å². The molecule has 0 N–H and O–H groups in total. The predicted molar refractivity (Wildman–Crippen MR) is 130 cm³/mol. The van der Waals surface area contributed by atoms with E-state index in [-0.39, 0.29) is 5.91 Å². The molecule has 1 aliphatic rings. The molecule has 1 amide bonds. The van der Waals surface area contributed by atoms with Gasteiger partial charge >= 0.3 is 0 Å². The first-order valence-electron chi connectivity index (χ1n) is 11.3. The zero-order chi connectivity index (χ0) is 22.5. The largest absolute Gasteiger partial charge is 0.492 e. The van der Waals surface area contributed by atoms with E-state index in [9.17, 15) is 4.79 Å². The molecule has 2 heterocycles. The molecule has 0 aliphatic carbocycles. The molecule has 0 radical (unpaired) electrons. The Bertz CT molecular complexity index is 1080. The van der Waals surface area contributed by atoms with Crippen molar-refractivity contribution >= 4 is 32.6 Å². The molecule has 4 rings (SSSR count). The van der Waals surface area contributed by atoms with Gasteiger partial charge in [-0.15, -0.1) is 0 Å². The summed E-state index contributed by atoms with van der Waals surface area (Å²) in [4.78, 5) is 22.8. The summed E-state index contributed by atoms with van der Waals surface area (Å²) in [5, 5.41) is 0.721. The number of benzene rings is 2. The molecule has 7 heteroatoms. The molecular weight excluding hydrogens is 422 g/mol. The maximum absolute atomic E-state index is 13.7. The molecule has 0 spiro atoms. The Hall–Kier alpha value is -2.48. The zero-order valence-electron chi connectivity index (χ0n) is 19.1. The topological polar surface area (TPSA) is 54.9 Å². The first-order valence-corrected chi connectivity index (χ1v) is 12.1. The normalized spacial score (nSPS) is 14.6. The molecule has 0 bridgehead atoms. The van der Waals surface area contributed by atoms with Crippen molar-refractivity contribution in [3.8, 4) is 5.75 Å². The number of aromatic nitrogens is 1. The van der Waals surface area contributed by atoms with Crippen molar-refractivity contribution in [3.63, 3.8) is 0 Å². The molecule has 1 fully saturated rings. The fourth-order valence-corrected chi connectivity index (χ4v) is 5.07. The molecule has 0 atom stereocenters. The second kappa shape index (κ2) is 10.4. The van der Waals surface area contributed by atoms with Gasteiger partial charge in [0.05, 0.1) is 24.5 Å². The maximum atomic E-state index is 13.7. The lowest BCUT2D eigenvalue weighted by Crippen LogP contribution is -2.39. The lowest BCUT2D eigenvalue weighted by Gasteiger charge is -2.28. The minimum absolute atomic E-state index is 0.00138.